The van der Waals surface area contributed by atoms with Crippen molar-refractivity contribution in [3.8, 4) is 0 Å². The summed E-state index contributed by atoms with van der Waals surface area (Å²) in [5.74, 6) is 0.578. The highest BCUT2D eigenvalue weighted by atomic mass is 16.4. The average molecular weight is 273 g/mol. The first-order chi connectivity index (χ1) is 9.70. The number of carboxylic acid groups (broad SMARTS) is 1. The second-order valence-electron chi connectivity index (χ2n) is 6.40. The van der Waals surface area contributed by atoms with Crippen LogP contribution in [0.4, 0.5) is 0 Å². The smallest absolute Gasteiger partial charge is 0.323 e. The Bertz CT molecular complexity index is 459. The molecule has 0 aliphatic heterocycles. The zero-order chi connectivity index (χ0) is 14.0. The van der Waals surface area contributed by atoms with Gasteiger partial charge >= 0.3 is 5.97 Å². The molecule has 3 nitrogen and oxygen atoms in total. The van der Waals surface area contributed by atoms with E-state index in [2.05, 4.69) is 29.6 Å². The van der Waals surface area contributed by atoms with E-state index < -0.39 is 11.5 Å². The average Bonchev–Trinajstić information content (AvgIpc) is 3.31. The minimum Gasteiger partial charge on any atom is -0.480 e. The van der Waals surface area contributed by atoms with Gasteiger partial charge in [0.05, 0.1) is 0 Å². The Morgan fingerprint density at radius 2 is 1.80 bits per heavy atom. The van der Waals surface area contributed by atoms with E-state index >= 15 is 0 Å². The number of hydrogen-bond acceptors (Lipinski definition) is 2. The molecule has 3 rings (SSSR count). The molecule has 108 valence electrons. The number of carbonyl (C=O) groups is 1. The summed E-state index contributed by atoms with van der Waals surface area (Å²) in [6.07, 6.45) is 5.94. The molecule has 2 saturated carbocycles. The molecule has 20 heavy (non-hydrogen) atoms. The Labute approximate surface area is 120 Å². The summed E-state index contributed by atoms with van der Waals surface area (Å²) < 4.78 is 0. The van der Waals surface area contributed by atoms with Crippen molar-refractivity contribution in [3.63, 3.8) is 0 Å². The maximum atomic E-state index is 11.7. The van der Waals surface area contributed by atoms with Gasteiger partial charge in [0.2, 0.25) is 0 Å². The standard InChI is InChI=1S/C17H23NO2/c19-16(20)17(18-12-13-6-7-13)10-8-15(9-11-17)14-4-2-1-3-5-14/h1-5,13,15,18H,6-12H2,(H,19,20). The van der Waals surface area contributed by atoms with Gasteiger partial charge in [-0.25, -0.2) is 0 Å². The van der Waals surface area contributed by atoms with Crippen molar-refractivity contribution in [1.29, 1.82) is 0 Å². The van der Waals surface area contributed by atoms with Crippen LogP contribution >= 0.6 is 0 Å². The Balaban J connectivity index is 1.63. The molecule has 2 aliphatic carbocycles. The van der Waals surface area contributed by atoms with Gasteiger partial charge < -0.3 is 10.4 Å². The van der Waals surface area contributed by atoms with Crippen molar-refractivity contribution >= 4 is 5.97 Å². The Hall–Kier alpha value is -1.35. The van der Waals surface area contributed by atoms with E-state index in [1.807, 2.05) is 6.07 Å². The first-order valence-electron chi connectivity index (χ1n) is 7.73. The number of benzene rings is 1. The van der Waals surface area contributed by atoms with Crippen molar-refractivity contribution in [1.82, 2.24) is 5.32 Å². The third-order valence-electron chi connectivity index (χ3n) is 4.95. The summed E-state index contributed by atoms with van der Waals surface area (Å²) in [7, 11) is 0. The number of hydrogen-bond donors (Lipinski definition) is 2. The molecule has 1 aromatic carbocycles. The zero-order valence-corrected chi connectivity index (χ0v) is 11.8. The number of aliphatic carboxylic acids is 1. The quantitative estimate of drug-likeness (QED) is 0.866. The fourth-order valence-corrected chi connectivity index (χ4v) is 3.30. The Kier molecular flexibility index (Phi) is 3.79. The van der Waals surface area contributed by atoms with Crippen LogP contribution in [0.15, 0.2) is 30.3 Å². The number of carboxylic acids is 1. The molecular formula is C17H23NO2. The first kappa shape index (κ1) is 13.6. The van der Waals surface area contributed by atoms with Crippen LogP contribution in [0.25, 0.3) is 0 Å². The molecule has 0 radical (unpaired) electrons. The molecule has 3 heteroatoms. The molecule has 2 N–H and O–H groups in total. The van der Waals surface area contributed by atoms with Crippen LogP contribution in [0.2, 0.25) is 0 Å². The fourth-order valence-electron chi connectivity index (χ4n) is 3.30. The van der Waals surface area contributed by atoms with Crippen LogP contribution in [0.5, 0.6) is 0 Å². The van der Waals surface area contributed by atoms with Crippen LogP contribution in [0.3, 0.4) is 0 Å². The molecule has 0 heterocycles. The SMILES string of the molecule is O=C(O)C1(NCC2CC2)CCC(c2ccccc2)CC1. The largest absolute Gasteiger partial charge is 0.480 e. The summed E-state index contributed by atoms with van der Waals surface area (Å²) in [5.41, 5.74) is 0.683. The number of nitrogens with one attached hydrogen (secondary N) is 1. The molecule has 0 bridgehead atoms. The van der Waals surface area contributed by atoms with Gasteiger partial charge in [-0.05, 0) is 62.5 Å². The highest BCUT2D eigenvalue weighted by Crippen LogP contribution is 2.39. The lowest BCUT2D eigenvalue weighted by molar-refractivity contribution is -0.146. The minimum absolute atomic E-state index is 0.520. The topological polar surface area (TPSA) is 49.3 Å². The second-order valence-corrected chi connectivity index (χ2v) is 6.40. The fraction of sp³-hybridized carbons (Fsp3) is 0.588. The van der Waals surface area contributed by atoms with Crippen LogP contribution in [-0.2, 0) is 4.79 Å². The van der Waals surface area contributed by atoms with Crippen LogP contribution in [-0.4, -0.2) is 23.2 Å². The van der Waals surface area contributed by atoms with Crippen LogP contribution < -0.4 is 5.32 Å². The lowest BCUT2D eigenvalue weighted by Crippen LogP contribution is -2.54. The van der Waals surface area contributed by atoms with Crippen LogP contribution in [0.1, 0.15) is 50.0 Å². The van der Waals surface area contributed by atoms with E-state index in [9.17, 15) is 9.90 Å². The van der Waals surface area contributed by atoms with E-state index in [0.29, 0.717) is 5.92 Å². The van der Waals surface area contributed by atoms with Gasteiger partial charge in [-0.3, -0.25) is 4.79 Å². The van der Waals surface area contributed by atoms with Crippen LogP contribution in [0, 0.1) is 5.92 Å². The van der Waals surface area contributed by atoms with Gasteiger partial charge in [0.1, 0.15) is 5.54 Å². The van der Waals surface area contributed by atoms with E-state index in [4.69, 9.17) is 0 Å². The number of rotatable bonds is 5. The van der Waals surface area contributed by atoms with Gasteiger partial charge in [-0.15, -0.1) is 0 Å². The van der Waals surface area contributed by atoms with E-state index in [-0.39, 0.29) is 0 Å². The summed E-state index contributed by atoms with van der Waals surface area (Å²) in [6, 6.07) is 10.5. The van der Waals surface area contributed by atoms with E-state index in [0.717, 1.165) is 38.1 Å². The third kappa shape index (κ3) is 2.88. The molecule has 1 aromatic rings. The van der Waals surface area contributed by atoms with Gasteiger partial charge in [-0.1, -0.05) is 30.3 Å². The van der Waals surface area contributed by atoms with Crippen molar-refractivity contribution in [2.24, 2.45) is 5.92 Å². The summed E-state index contributed by atoms with van der Waals surface area (Å²) >= 11 is 0. The van der Waals surface area contributed by atoms with E-state index in [1.165, 1.54) is 18.4 Å². The summed E-state index contributed by atoms with van der Waals surface area (Å²) in [5, 5.41) is 13.0. The molecule has 0 saturated heterocycles. The predicted molar refractivity (Wildman–Crippen MR) is 78.7 cm³/mol. The molecule has 2 aliphatic rings. The Morgan fingerprint density at radius 1 is 1.15 bits per heavy atom. The lowest BCUT2D eigenvalue weighted by atomic mass is 9.74. The third-order valence-corrected chi connectivity index (χ3v) is 4.95. The highest BCUT2D eigenvalue weighted by molar-refractivity contribution is 5.79. The summed E-state index contributed by atoms with van der Waals surface area (Å²) in [4.78, 5) is 11.7. The predicted octanol–water partition coefficient (Wildman–Crippen LogP) is 3.17. The van der Waals surface area contributed by atoms with Crippen molar-refractivity contribution in [3.05, 3.63) is 35.9 Å². The zero-order valence-electron chi connectivity index (χ0n) is 11.8. The normalized spacial score (nSPS) is 30.1. The second kappa shape index (κ2) is 5.57. The van der Waals surface area contributed by atoms with Gasteiger partial charge in [0, 0.05) is 0 Å². The molecule has 0 atom stereocenters. The monoisotopic (exact) mass is 273 g/mol. The molecule has 2 fully saturated rings. The van der Waals surface area contributed by atoms with Gasteiger partial charge in [0.25, 0.3) is 0 Å². The molecule has 0 spiro atoms. The molecule has 0 amide bonds. The molecule has 0 unspecified atom stereocenters. The molecule has 0 aromatic heterocycles. The van der Waals surface area contributed by atoms with Crippen molar-refractivity contribution < 1.29 is 9.90 Å². The maximum absolute atomic E-state index is 11.7. The van der Waals surface area contributed by atoms with E-state index in [1.54, 1.807) is 0 Å². The van der Waals surface area contributed by atoms with Gasteiger partial charge in [0.15, 0.2) is 0 Å². The maximum Gasteiger partial charge on any atom is 0.323 e. The van der Waals surface area contributed by atoms with Crippen molar-refractivity contribution in [2.45, 2.75) is 50.0 Å². The summed E-state index contributed by atoms with van der Waals surface area (Å²) in [6.45, 7) is 0.877. The highest BCUT2D eigenvalue weighted by Gasteiger charge is 2.42. The van der Waals surface area contributed by atoms with Crippen molar-refractivity contribution in [2.75, 3.05) is 6.54 Å². The minimum atomic E-state index is -0.673. The first-order valence-corrected chi connectivity index (χ1v) is 7.73. The Morgan fingerprint density at radius 3 is 2.35 bits per heavy atom. The molecular weight excluding hydrogens is 250 g/mol. The lowest BCUT2D eigenvalue weighted by Gasteiger charge is -2.38. The van der Waals surface area contributed by atoms with Gasteiger partial charge in [-0.2, -0.15) is 0 Å².